The molecule has 2 fully saturated rings. The van der Waals surface area contributed by atoms with Crippen molar-refractivity contribution < 1.29 is 27.4 Å². The third kappa shape index (κ3) is 5.10. The Kier molecular flexibility index (Phi) is 7.94. The monoisotopic (exact) mass is 517 g/mol. The van der Waals surface area contributed by atoms with Crippen molar-refractivity contribution in [1.29, 1.82) is 0 Å². The summed E-state index contributed by atoms with van der Waals surface area (Å²) in [6.45, 7) is 5.15. The van der Waals surface area contributed by atoms with E-state index in [9.17, 15) is 13.2 Å². The molecule has 0 aliphatic carbocycles. The number of methoxy groups -OCH3 is 3. The molecule has 9 nitrogen and oxygen atoms in total. The van der Waals surface area contributed by atoms with E-state index in [0.29, 0.717) is 73.7 Å². The van der Waals surface area contributed by atoms with Crippen LogP contribution in [0.2, 0.25) is 0 Å². The molecule has 10 heteroatoms. The van der Waals surface area contributed by atoms with E-state index in [2.05, 4.69) is 11.8 Å². The minimum absolute atomic E-state index is 0.161. The van der Waals surface area contributed by atoms with E-state index >= 15 is 0 Å². The lowest BCUT2D eigenvalue weighted by atomic mass is 10.0. The van der Waals surface area contributed by atoms with Gasteiger partial charge in [0, 0.05) is 39.3 Å². The Morgan fingerprint density at radius 3 is 2.11 bits per heavy atom. The van der Waals surface area contributed by atoms with E-state index in [1.807, 2.05) is 0 Å². The Balaban J connectivity index is 1.54. The molecule has 2 aromatic rings. The van der Waals surface area contributed by atoms with Gasteiger partial charge in [-0.25, -0.2) is 8.42 Å². The summed E-state index contributed by atoms with van der Waals surface area (Å²) in [5.41, 5.74) is 1.11. The number of ether oxygens (including phenoxy) is 3. The van der Waals surface area contributed by atoms with Crippen LogP contribution < -0.4 is 19.1 Å². The molecule has 0 unspecified atom stereocenters. The number of piperazine rings is 1. The minimum atomic E-state index is -3.60. The van der Waals surface area contributed by atoms with Crippen LogP contribution in [0.25, 0.3) is 0 Å². The van der Waals surface area contributed by atoms with Gasteiger partial charge in [-0.05, 0) is 49.1 Å². The van der Waals surface area contributed by atoms with Gasteiger partial charge in [0.1, 0.15) is 22.8 Å². The topological polar surface area (TPSA) is 88.6 Å². The van der Waals surface area contributed by atoms with Crippen LogP contribution in [0.3, 0.4) is 0 Å². The van der Waals surface area contributed by atoms with Crippen molar-refractivity contribution in [2.75, 3.05) is 65.5 Å². The highest BCUT2D eigenvalue weighted by Gasteiger charge is 2.31. The first-order chi connectivity index (χ1) is 17.3. The number of piperidine rings is 1. The van der Waals surface area contributed by atoms with Gasteiger partial charge in [0.05, 0.1) is 31.9 Å². The zero-order valence-corrected chi connectivity index (χ0v) is 22.2. The van der Waals surface area contributed by atoms with Gasteiger partial charge in [-0.3, -0.25) is 4.79 Å². The molecule has 0 bridgehead atoms. The predicted octanol–water partition coefficient (Wildman–Crippen LogP) is 3.10. The van der Waals surface area contributed by atoms with Crippen LogP contribution in [0, 0.1) is 5.92 Å². The van der Waals surface area contributed by atoms with E-state index in [4.69, 9.17) is 14.2 Å². The second-order valence-corrected chi connectivity index (χ2v) is 11.2. The van der Waals surface area contributed by atoms with E-state index in [-0.39, 0.29) is 10.8 Å². The molecule has 2 saturated heterocycles. The van der Waals surface area contributed by atoms with Crippen molar-refractivity contribution >= 4 is 21.6 Å². The fraction of sp³-hybridized carbons (Fsp3) is 0.500. The van der Waals surface area contributed by atoms with Gasteiger partial charge in [-0.2, -0.15) is 4.31 Å². The second kappa shape index (κ2) is 11.0. The summed E-state index contributed by atoms with van der Waals surface area (Å²) in [5.74, 6) is 1.72. The molecule has 4 rings (SSSR count). The van der Waals surface area contributed by atoms with Crippen molar-refractivity contribution in [2.45, 2.75) is 24.7 Å². The molecule has 196 valence electrons. The molecular formula is C26H35N3O6S. The number of amides is 1. The van der Waals surface area contributed by atoms with Crippen molar-refractivity contribution in [1.82, 2.24) is 9.21 Å². The second-order valence-electron chi connectivity index (χ2n) is 9.26. The fourth-order valence-electron chi connectivity index (χ4n) is 4.96. The molecule has 0 N–H and O–H groups in total. The van der Waals surface area contributed by atoms with Gasteiger partial charge in [-0.15, -0.1) is 0 Å². The fourth-order valence-corrected chi connectivity index (χ4v) is 6.58. The molecule has 36 heavy (non-hydrogen) atoms. The summed E-state index contributed by atoms with van der Waals surface area (Å²) in [6, 6.07) is 10.3. The van der Waals surface area contributed by atoms with Gasteiger partial charge >= 0.3 is 0 Å². The maximum atomic E-state index is 13.4. The molecule has 2 aliphatic rings. The van der Waals surface area contributed by atoms with Gasteiger partial charge in [0.2, 0.25) is 10.0 Å². The zero-order chi connectivity index (χ0) is 25.9. The normalized spacial score (nSPS) is 19.2. The molecule has 2 aromatic carbocycles. The van der Waals surface area contributed by atoms with Crippen LogP contribution in [0.4, 0.5) is 5.69 Å². The number of hydrogen-bond donors (Lipinski definition) is 0. The number of anilines is 1. The Bertz CT molecular complexity index is 1170. The van der Waals surface area contributed by atoms with E-state index < -0.39 is 10.0 Å². The maximum Gasteiger partial charge on any atom is 0.261 e. The molecule has 1 atom stereocenters. The van der Waals surface area contributed by atoms with Crippen molar-refractivity contribution in [2.24, 2.45) is 5.92 Å². The third-order valence-corrected chi connectivity index (χ3v) is 8.82. The SMILES string of the molecule is COc1ccc(S(=O)(=O)N2CCC[C@@H](C)C2)cc1N1CCN(C(=O)c2c(OC)cccc2OC)CC1. The summed E-state index contributed by atoms with van der Waals surface area (Å²) < 4.78 is 44.7. The number of sulfonamides is 1. The zero-order valence-electron chi connectivity index (χ0n) is 21.4. The Morgan fingerprint density at radius 1 is 0.889 bits per heavy atom. The van der Waals surface area contributed by atoms with Crippen LogP contribution in [-0.2, 0) is 10.0 Å². The van der Waals surface area contributed by atoms with E-state index in [1.165, 1.54) is 14.2 Å². The standard InChI is InChI=1S/C26H35N3O6S/c1-19-7-6-12-29(18-19)36(31,32)20-10-11-22(33-2)21(17-20)27-13-15-28(16-14-27)26(30)25-23(34-3)8-5-9-24(25)35-4/h5,8-11,17,19H,6-7,12-16,18H2,1-4H3/t19-/m1/s1. The van der Waals surface area contributed by atoms with Crippen molar-refractivity contribution in [3.63, 3.8) is 0 Å². The van der Waals surface area contributed by atoms with Gasteiger partial charge < -0.3 is 24.0 Å². The van der Waals surface area contributed by atoms with Crippen LogP contribution in [0.1, 0.15) is 30.1 Å². The minimum Gasteiger partial charge on any atom is -0.496 e. The Labute approximate surface area is 213 Å². The van der Waals surface area contributed by atoms with Gasteiger partial charge in [0.25, 0.3) is 5.91 Å². The maximum absolute atomic E-state index is 13.4. The van der Waals surface area contributed by atoms with Crippen LogP contribution in [-0.4, -0.2) is 84.1 Å². The largest absolute Gasteiger partial charge is 0.496 e. The first-order valence-corrected chi connectivity index (χ1v) is 13.7. The highest BCUT2D eigenvalue weighted by atomic mass is 32.2. The summed E-state index contributed by atoms with van der Waals surface area (Å²) in [5, 5.41) is 0. The van der Waals surface area contributed by atoms with Gasteiger partial charge in [-0.1, -0.05) is 13.0 Å². The van der Waals surface area contributed by atoms with Gasteiger partial charge in [0.15, 0.2) is 0 Å². The molecule has 0 aromatic heterocycles. The molecule has 0 spiro atoms. The van der Waals surface area contributed by atoms with Crippen molar-refractivity contribution in [3.05, 3.63) is 42.0 Å². The molecule has 0 radical (unpaired) electrons. The molecule has 1 amide bonds. The highest BCUT2D eigenvalue weighted by Crippen LogP contribution is 2.35. The number of hydrogen-bond acceptors (Lipinski definition) is 7. The average molecular weight is 518 g/mol. The third-order valence-electron chi connectivity index (χ3n) is 6.96. The average Bonchev–Trinajstić information content (AvgIpc) is 2.91. The number of carbonyl (C=O) groups excluding carboxylic acids is 1. The van der Waals surface area contributed by atoms with Crippen molar-refractivity contribution in [3.8, 4) is 17.2 Å². The first-order valence-electron chi connectivity index (χ1n) is 12.2. The lowest BCUT2D eigenvalue weighted by Gasteiger charge is -2.37. The Morgan fingerprint density at radius 2 is 1.53 bits per heavy atom. The number of rotatable bonds is 7. The lowest BCUT2D eigenvalue weighted by Crippen LogP contribution is -2.49. The molecule has 2 aliphatic heterocycles. The number of nitrogens with zero attached hydrogens (tertiary/aromatic N) is 3. The molecule has 2 heterocycles. The first kappa shape index (κ1) is 26.1. The summed E-state index contributed by atoms with van der Waals surface area (Å²) in [7, 11) is 1.04. The predicted molar refractivity (Wildman–Crippen MR) is 138 cm³/mol. The number of benzene rings is 2. The summed E-state index contributed by atoms with van der Waals surface area (Å²) in [4.78, 5) is 17.5. The van der Waals surface area contributed by atoms with E-state index in [0.717, 1.165) is 12.8 Å². The molecular weight excluding hydrogens is 482 g/mol. The van der Waals surface area contributed by atoms with Crippen LogP contribution in [0.5, 0.6) is 17.2 Å². The van der Waals surface area contributed by atoms with E-state index in [1.54, 1.807) is 52.7 Å². The highest BCUT2D eigenvalue weighted by molar-refractivity contribution is 7.89. The Hall–Kier alpha value is -2.98. The quantitative estimate of drug-likeness (QED) is 0.558. The molecule has 0 saturated carbocycles. The van der Waals surface area contributed by atoms with Crippen LogP contribution >= 0.6 is 0 Å². The number of carbonyl (C=O) groups is 1. The summed E-state index contributed by atoms with van der Waals surface area (Å²) >= 11 is 0. The lowest BCUT2D eigenvalue weighted by molar-refractivity contribution is 0.0739. The summed E-state index contributed by atoms with van der Waals surface area (Å²) in [6.07, 6.45) is 1.92. The smallest absolute Gasteiger partial charge is 0.261 e. The van der Waals surface area contributed by atoms with Crippen LogP contribution in [0.15, 0.2) is 41.3 Å².